The number of halogens is 2. The maximum atomic E-state index is 12.0. The van der Waals surface area contributed by atoms with Crippen LogP contribution in [-0.2, 0) is 14.3 Å². The highest BCUT2D eigenvalue weighted by Gasteiger charge is 2.35. The highest BCUT2D eigenvalue weighted by atomic mass is 35.5. The second-order valence-corrected chi connectivity index (χ2v) is 7.36. The van der Waals surface area contributed by atoms with Gasteiger partial charge in [0.1, 0.15) is 11.9 Å². The summed E-state index contributed by atoms with van der Waals surface area (Å²) in [5.74, 6) is 0.109. The molecule has 10 heteroatoms. The van der Waals surface area contributed by atoms with Crippen LogP contribution in [0.2, 0.25) is 0 Å². The van der Waals surface area contributed by atoms with Crippen LogP contribution in [0.15, 0.2) is 48.5 Å². The molecule has 0 radical (unpaired) electrons. The van der Waals surface area contributed by atoms with Crippen molar-refractivity contribution in [2.75, 3.05) is 13.7 Å². The average Bonchev–Trinajstić information content (AvgIpc) is 2.74. The van der Waals surface area contributed by atoms with Crippen molar-refractivity contribution in [3.63, 3.8) is 0 Å². The molecule has 1 amide bonds. The molecule has 0 aromatic heterocycles. The monoisotopic (exact) mass is 440 g/mol. The van der Waals surface area contributed by atoms with E-state index in [0.29, 0.717) is 11.3 Å². The third-order valence-electron chi connectivity index (χ3n) is 4.41. The van der Waals surface area contributed by atoms with Crippen molar-refractivity contribution in [3.05, 3.63) is 69.8 Å². The first-order valence-corrected chi connectivity index (χ1v) is 9.50. The van der Waals surface area contributed by atoms with Crippen molar-refractivity contribution < 1.29 is 23.9 Å². The van der Waals surface area contributed by atoms with E-state index in [1.807, 2.05) is 12.1 Å². The van der Waals surface area contributed by atoms with Gasteiger partial charge >= 0.3 is 0 Å². The van der Waals surface area contributed by atoms with E-state index in [9.17, 15) is 14.9 Å². The normalized spacial score (nSPS) is 21.6. The molecule has 1 aliphatic heterocycles. The van der Waals surface area contributed by atoms with E-state index in [-0.39, 0.29) is 12.3 Å². The molecule has 1 saturated heterocycles. The number of rotatable bonds is 6. The molecule has 1 N–H and O–H groups in total. The summed E-state index contributed by atoms with van der Waals surface area (Å²) >= 11 is 11.3. The lowest BCUT2D eigenvalue weighted by Gasteiger charge is -2.37. The van der Waals surface area contributed by atoms with E-state index < -0.39 is 34.1 Å². The third-order valence-corrected chi connectivity index (χ3v) is 4.81. The van der Waals surface area contributed by atoms with Gasteiger partial charge in [0.25, 0.3) is 11.6 Å². The Morgan fingerprint density at radius 2 is 1.79 bits per heavy atom. The Balaban J connectivity index is 1.85. The number of ether oxygens (including phenoxy) is 3. The van der Waals surface area contributed by atoms with Gasteiger partial charge in [-0.1, -0.05) is 35.3 Å². The fraction of sp³-hybridized carbons (Fsp3) is 0.316. The average molecular weight is 441 g/mol. The van der Waals surface area contributed by atoms with Crippen LogP contribution in [0.3, 0.4) is 0 Å². The number of carbonyl (C=O) groups is 1. The summed E-state index contributed by atoms with van der Waals surface area (Å²) in [5, 5.41) is 13.6. The van der Waals surface area contributed by atoms with E-state index in [0.717, 1.165) is 5.56 Å². The van der Waals surface area contributed by atoms with Crippen molar-refractivity contribution in [1.29, 1.82) is 0 Å². The molecule has 1 aliphatic rings. The van der Waals surface area contributed by atoms with E-state index in [4.69, 9.17) is 37.4 Å². The number of nitro groups is 1. The van der Waals surface area contributed by atoms with Crippen molar-refractivity contribution in [3.8, 4) is 5.75 Å². The van der Waals surface area contributed by atoms with Crippen LogP contribution in [0, 0.1) is 10.1 Å². The summed E-state index contributed by atoms with van der Waals surface area (Å²) < 4.78 is 17.0. The van der Waals surface area contributed by atoms with Crippen LogP contribution in [0.4, 0.5) is 5.69 Å². The van der Waals surface area contributed by atoms with Gasteiger partial charge in [0.2, 0.25) is 0 Å². The van der Waals surface area contributed by atoms with E-state index in [1.165, 1.54) is 12.1 Å². The Morgan fingerprint density at radius 3 is 2.34 bits per heavy atom. The standard InChI is InChI=1S/C19H18Cl2N2O6/c1-27-14-8-4-12(5-9-14)19-28-10-15(22-18(24)17(20)21)16(29-19)11-2-6-13(7-3-11)23(25)26/h2-9,15-17,19H,10H2,1H3,(H,22,24). The van der Waals surface area contributed by atoms with Gasteiger partial charge in [0.05, 0.1) is 24.7 Å². The predicted molar refractivity (Wildman–Crippen MR) is 106 cm³/mol. The summed E-state index contributed by atoms with van der Waals surface area (Å²) in [4.78, 5) is 21.2. The molecule has 29 heavy (non-hydrogen) atoms. The van der Waals surface area contributed by atoms with Crippen LogP contribution in [0.5, 0.6) is 5.75 Å². The first kappa shape index (κ1) is 21.3. The Hall–Kier alpha value is -2.39. The van der Waals surface area contributed by atoms with Gasteiger partial charge in [-0.3, -0.25) is 14.9 Å². The Kier molecular flexibility index (Phi) is 6.92. The summed E-state index contributed by atoms with van der Waals surface area (Å²) in [6.07, 6.45) is -1.33. The van der Waals surface area contributed by atoms with Crippen LogP contribution in [0.1, 0.15) is 23.5 Å². The number of hydrogen-bond donors (Lipinski definition) is 1. The number of alkyl halides is 2. The van der Waals surface area contributed by atoms with Crippen molar-refractivity contribution >= 4 is 34.8 Å². The fourth-order valence-electron chi connectivity index (χ4n) is 2.94. The SMILES string of the molecule is COc1ccc(C2OCC(NC(=O)C(Cl)Cl)C(c3ccc([N+](=O)[O-])cc3)O2)cc1. The second kappa shape index (κ2) is 9.41. The van der Waals surface area contributed by atoms with Gasteiger partial charge in [-0.2, -0.15) is 0 Å². The Labute approximate surface area is 176 Å². The van der Waals surface area contributed by atoms with Crippen LogP contribution >= 0.6 is 23.2 Å². The number of benzene rings is 2. The molecular formula is C19H18Cl2N2O6. The molecule has 154 valence electrons. The molecule has 0 aliphatic carbocycles. The molecule has 0 spiro atoms. The van der Waals surface area contributed by atoms with Gasteiger partial charge in [0.15, 0.2) is 11.1 Å². The summed E-state index contributed by atoms with van der Waals surface area (Å²) in [6, 6.07) is 12.5. The van der Waals surface area contributed by atoms with Crippen LogP contribution in [0.25, 0.3) is 0 Å². The topological polar surface area (TPSA) is 99.9 Å². The van der Waals surface area contributed by atoms with Crippen LogP contribution < -0.4 is 10.1 Å². The number of non-ortho nitro benzene ring substituents is 1. The molecule has 2 aromatic carbocycles. The molecule has 3 rings (SSSR count). The summed E-state index contributed by atoms with van der Waals surface area (Å²) in [6.45, 7) is 0.130. The van der Waals surface area contributed by atoms with Gasteiger partial charge in [-0.25, -0.2) is 0 Å². The van der Waals surface area contributed by atoms with Gasteiger partial charge in [-0.15, -0.1) is 0 Å². The number of carbonyl (C=O) groups excluding carboxylic acids is 1. The highest BCUT2D eigenvalue weighted by Crippen LogP contribution is 2.36. The molecule has 3 atom stereocenters. The van der Waals surface area contributed by atoms with Crippen LogP contribution in [-0.4, -0.2) is 35.4 Å². The number of nitrogens with zero attached hydrogens (tertiary/aromatic N) is 1. The van der Waals surface area contributed by atoms with Gasteiger partial charge in [0, 0.05) is 17.7 Å². The number of amides is 1. The first-order valence-electron chi connectivity index (χ1n) is 8.63. The number of hydrogen-bond acceptors (Lipinski definition) is 6. The molecule has 1 heterocycles. The largest absolute Gasteiger partial charge is 0.497 e. The molecule has 0 bridgehead atoms. The van der Waals surface area contributed by atoms with E-state index >= 15 is 0 Å². The number of nitrogens with one attached hydrogen (secondary N) is 1. The fourth-order valence-corrected chi connectivity index (χ4v) is 3.07. The maximum absolute atomic E-state index is 12.0. The molecule has 2 aromatic rings. The molecule has 1 fully saturated rings. The minimum Gasteiger partial charge on any atom is -0.497 e. The first-order chi connectivity index (χ1) is 13.9. The molecule has 8 nitrogen and oxygen atoms in total. The summed E-state index contributed by atoms with van der Waals surface area (Å²) in [7, 11) is 1.57. The number of methoxy groups -OCH3 is 1. The predicted octanol–water partition coefficient (Wildman–Crippen LogP) is 3.68. The van der Waals surface area contributed by atoms with E-state index in [2.05, 4.69) is 5.32 Å². The van der Waals surface area contributed by atoms with Crippen molar-refractivity contribution in [1.82, 2.24) is 5.32 Å². The van der Waals surface area contributed by atoms with E-state index in [1.54, 1.807) is 31.4 Å². The lowest BCUT2D eigenvalue weighted by molar-refractivity contribution is -0.384. The minimum atomic E-state index is -1.24. The molecular weight excluding hydrogens is 423 g/mol. The second-order valence-electron chi connectivity index (χ2n) is 6.26. The third kappa shape index (κ3) is 5.16. The zero-order chi connectivity index (χ0) is 21.0. The number of nitro benzene ring substituents is 1. The minimum absolute atomic E-state index is 0.0466. The lowest BCUT2D eigenvalue weighted by atomic mass is 10.0. The van der Waals surface area contributed by atoms with Gasteiger partial charge in [-0.05, 0) is 29.8 Å². The molecule has 0 saturated carbocycles. The lowest BCUT2D eigenvalue weighted by Crippen LogP contribution is -2.48. The smallest absolute Gasteiger partial charge is 0.269 e. The Bertz CT molecular complexity index is 860. The summed E-state index contributed by atoms with van der Waals surface area (Å²) in [5.41, 5.74) is 1.35. The van der Waals surface area contributed by atoms with Gasteiger partial charge < -0.3 is 19.5 Å². The molecule has 3 unspecified atom stereocenters. The Morgan fingerprint density at radius 1 is 1.17 bits per heavy atom. The van der Waals surface area contributed by atoms with Crippen molar-refractivity contribution in [2.24, 2.45) is 0 Å². The quantitative estimate of drug-likeness (QED) is 0.417. The van der Waals surface area contributed by atoms with Crippen molar-refractivity contribution in [2.45, 2.75) is 23.3 Å². The zero-order valence-electron chi connectivity index (χ0n) is 15.3. The highest BCUT2D eigenvalue weighted by molar-refractivity contribution is 6.53. The maximum Gasteiger partial charge on any atom is 0.269 e. The zero-order valence-corrected chi connectivity index (χ0v) is 16.8.